The van der Waals surface area contributed by atoms with Gasteiger partial charge in [0.15, 0.2) is 0 Å². The molecule has 0 spiro atoms. The summed E-state index contributed by atoms with van der Waals surface area (Å²) < 4.78 is 5.36. The van der Waals surface area contributed by atoms with Gasteiger partial charge in [0.2, 0.25) is 5.91 Å². The Labute approximate surface area is 105 Å². The molecule has 17 heavy (non-hydrogen) atoms. The third-order valence-corrected chi connectivity index (χ3v) is 2.44. The molecule has 1 atom stereocenters. The molecule has 0 fully saturated rings. The standard InChI is InChI=1S/C12H27N3O2/c1-12(2,3)10(13)11(16)14-6-8-17-9-7-15(4)5/h10H,6-9,13H2,1-5H3,(H,14,16). The highest BCUT2D eigenvalue weighted by Crippen LogP contribution is 2.16. The lowest BCUT2D eigenvalue weighted by molar-refractivity contribution is -0.124. The first-order valence-electron chi connectivity index (χ1n) is 6.01. The fourth-order valence-electron chi connectivity index (χ4n) is 1.10. The molecular formula is C12H27N3O2. The average Bonchev–Trinajstić information content (AvgIpc) is 2.19. The number of nitrogens with one attached hydrogen (secondary N) is 1. The molecule has 0 aromatic rings. The first-order valence-corrected chi connectivity index (χ1v) is 6.01. The minimum atomic E-state index is -0.482. The lowest BCUT2D eigenvalue weighted by Gasteiger charge is -2.25. The van der Waals surface area contributed by atoms with E-state index >= 15 is 0 Å². The first kappa shape index (κ1) is 16.4. The molecule has 0 heterocycles. The van der Waals surface area contributed by atoms with Crippen LogP contribution >= 0.6 is 0 Å². The average molecular weight is 245 g/mol. The van der Waals surface area contributed by atoms with E-state index in [0.717, 1.165) is 6.54 Å². The smallest absolute Gasteiger partial charge is 0.237 e. The van der Waals surface area contributed by atoms with Crippen LogP contribution in [-0.2, 0) is 9.53 Å². The SMILES string of the molecule is CN(C)CCOCCNC(=O)C(N)C(C)(C)C. The molecule has 5 heteroatoms. The fraction of sp³-hybridized carbons (Fsp3) is 0.917. The van der Waals surface area contributed by atoms with Crippen LogP contribution in [0.2, 0.25) is 0 Å². The van der Waals surface area contributed by atoms with Crippen molar-refractivity contribution in [2.75, 3.05) is 40.4 Å². The number of likely N-dealkylation sites (N-methyl/N-ethyl adjacent to an activating group) is 1. The summed E-state index contributed by atoms with van der Waals surface area (Å²) in [4.78, 5) is 13.7. The molecule has 1 amide bonds. The summed E-state index contributed by atoms with van der Waals surface area (Å²) in [5.41, 5.74) is 5.60. The van der Waals surface area contributed by atoms with Gasteiger partial charge in [-0.1, -0.05) is 20.8 Å². The van der Waals surface area contributed by atoms with Crippen LogP contribution in [0.5, 0.6) is 0 Å². The van der Waals surface area contributed by atoms with Crippen molar-refractivity contribution in [3.8, 4) is 0 Å². The predicted octanol–water partition coefficient (Wildman–Crippen LogP) is 0.0542. The van der Waals surface area contributed by atoms with Gasteiger partial charge >= 0.3 is 0 Å². The van der Waals surface area contributed by atoms with E-state index in [4.69, 9.17) is 10.5 Å². The molecule has 0 saturated heterocycles. The van der Waals surface area contributed by atoms with E-state index < -0.39 is 6.04 Å². The van der Waals surface area contributed by atoms with Crippen molar-refractivity contribution >= 4 is 5.91 Å². The minimum absolute atomic E-state index is 0.117. The zero-order chi connectivity index (χ0) is 13.5. The van der Waals surface area contributed by atoms with Gasteiger partial charge in [-0.05, 0) is 19.5 Å². The Balaban J connectivity index is 3.59. The van der Waals surface area contributed by atoms with Gasteiger partial charge in [0, 0.05) is 13.1 Å². The molecule has 0 aromatic carbocycles. The second-order valence-corrected chi connectivity index (χ2v) is 5.55. The second kappa shape index (κ2) is 7.63. The largest absolute Gasteiger partial charge is 0.378 e. The van der Waals surface area contributed by atoms with Crippen LogP contribution in [0.3, 0.4) is 0 Å². The molecule has 3 N–H and O–H groups in total. The third kappa shape index (κ3) is 8.12. The Morgan fingerprint density at radius 3 is 2.41 bits per heavy atom. The second-order valence-electron chi connectivity index (χ2n) is 5.55. The van der Waals surface area contributed by atoms with Crippen molar-refractivity contribution in [2.24, 2.45) is 11.1 Å². The number of nitrogens with zero attached hydrogens (tertiary/aromatic N) is 1. The number of rotatable bonds is 7. The molecule has 0 saturated carbocycles. The van der Waals surface area contributed by atoms with Crippen molar-refractivity contribution in [3.63, 3.8) is 0 Å². The summed E-state index contributed by atoms with van der Waals surface area (Å²) in [6.07, 6.45) is 0. The summed E-state index contributed by atoms with van der Waals surface area (Å²) in [5.74, 6) is -0.117. The van der Waals surface area contributed by atoms with E-state index in [0.29, 0.717) is 19.8 Å². The van der Waals surface area contributed by atoms with E-state index in [9.17, 15) is 4.79 Å². The molecule has 0 radical (unpaired) electrons. The van der Waals surface area contributed by atoms with Gasteiger partial charge < -0.3 is 20.7 Å². The number of hydrogen-bond acceptors (Lipinski definition) is 4. The Morgan fingerprint density at radius 2 is 1.94 bits per heavy atom. The maximum Gasteiger partial charge on any atom is 0.237 e. The summed E-state index contributed by atoms with van der Waals surface area (Å²) in [6, 6.07) is -0.482. The van der Waals surface area contributed by atoms with E-state index in [1.54, 1.807) is 0 Å². The van der Waals surface area contributed by atoms with Crippen molar-refractivity contribution in [1.82, 2.24) is 10.2 Å². The van der Waals surface area contributed by atoms with Gasteiger partial charge in [0.1, 0.15) is 0 Å². The van der Waals surface area contributed by atoms with Crippen LogP contribution in [0.1, 0.15) is 20.8 Å². The first-order chi connectivity index (χ1) is 7.75. The van der Waals surface area contributed by atoms with E-state index in [1.807, 2.05) is 39.8 Å². The van der Waals surface area contributed by atoms with Crippen molar-refractivity contribution < 1.29 is 9.53 Å². The summed E-state index contributed by atoms with van der Waals surface area (Å²) >= 11 is 0. The summed E-state index contributed by atoms with van der Waals surface area (Å²) in [6.45, 7) is 8.44. The molecule has 5 nitrogen and oxygen atoms in total. The molecule has 0 aromatic heterocycles. The number of carbonyl (C=O) groups is 1. The van der Waals surface area contributed by atoms with Crippen molar-refractivity contribution in [3.05, 3.63) is 0 Å². The fourth-order valence-corrected chi connectivity index (χ4v) is 1.10. The predicted molar refractivity (Wildman–Crippen MR) is 69.8 cm³/mol. The van der Waals surface area contributed by atoms with E-state index in [1.165, 1.54) is 0 Å². The molecule has 0 aliphatic rings. The number of hydrogen-bond donors (Lipinski definition) is 2. The Morgan fingerprint density at radius 1 is 1.35 bits per heavy atom. The number of carbonyl (C=O) groups excluding carboxylic acids is 1. The van der Waals surface area contributed by atoms with Crippen LogP contribution in [0.4, 0.5) is 0 Å². The zero-order valence-corrected chi connectivity index (χ0v) is 11.7. The highest BCUT2D eigenvalue weighted by molar-refractivity contribution is 5.82. The van der Waals surface area contributed by atoms with Gasteiger partial charge in [-0.25, -0.2) is 0 Å². The Hall–Kier alpha value is -0.650. The topological polar surface area (TPSA) is 67.6 Å². The molecule has 0 aliphatic heterocycles. The maximum atomic E-state index is 11.6. The van der Waals surface area contributed by atoms with Crippen LogP contribution in [-0.4, -0.2) is 57.2 Å². The minimum Gasteiger partial charge on any atom is -0.378 e. The van der Waals surface area contributed by atoms with Crippen LogP contribution < -0.4 is 11.1 Å². The molecule has 0 rings (SSSR count). The van der Waals surface area contributed by atoms with Crippen molar-refractivity contribution in [1.29, 1.82) is 0 Å². The molecule has 0 aliphatic carbocycles. The lowest BCUT2D eigenvalue weighted by Crippen LogP contribution is -2.49. The molecule has 0 bridgehead atoms. The van der Waals surface area contributed by atoms with Gasteiger partial charge in [0.25, 0.3) is 0 Å². The summed E-state index contributed by atoms with van der Waals surface area (Å²) in [5, 5.41) is 2.77. The van der Waals surface area contributed by atoms with Gasteiger partial charge in [-0.2, -0.15) is 0 Å². The third-order valence-electron chi connectivity index (χ3n) is 2.44. The normalized spacial score (nSPS) is 13.8. The van der Waals surface area contributed by atoms with Crippen LogP contribution in [0, 0.1) is 5.41 Å². The Kier molecular flexibility index (Phi) is 7.34. The van der Waals surface area contributed by atoms with Gasteiger partial charge in [0.05, 0.1) is 19.3 Å². The molecular weight excluding hydrogens is 218 g/mol. The quantitative estimate of drug-likeness (QED) is 0.622. The monoisotopic (exact) mass is 245 g/mol. The van der Waals surface area contributed by atoms with Crippen LogP contribution in [0.15, 0.2) is 0 Å². The highest BCUT2D eigenvalue weighted by atomic mass is 16.5. The molecule has 102 valence electrons. The van der Waals surface area contributed by atoms with Gasteiger partial charge in [-0.15, -0.1) is 0 Å². The van der Waals surface area contributed by atoms with Crippen molar-refractivity contribution in [2.45, 2.75) is 26.8 Å². The van der Waals surface area contributed by atoms with E-state index in [2.05, 4.69) is 5.32 Å². The van der Waals surface area contributed by atoms with Crippen LogP contribution in [0.25, 0.3) is 0 Å². The van der Waals surface area contributed by atoms with E-state index in [-0.39, 0.29) is 11.3 Å². The van der Waals surface area contributed by atoms with Gasteiger partial charge in [-0.3, -0.25) is 4.79 Å². The number of ether oxygens (including phenoxy) is 1. The summed E-state index contributed by atoms with van der Waals surface area (Å²) in [7, 11) is 3.99. The highest BCUT2D eigenvalue weighted by Gasteiger charge is 2.26. The number of nitrogens with two attached hydrogens (primary N) is 1. The number of amides is 1. The zero-order valence-electron chi connectivity index (χ0n) is 11.7. The Bertz CT molecular complexity index is 224. The molecule has 1 unspecified atom stereocenters. The maximum absolute atomic E-state index is 11.6. The lowest BCUT2D eigenvalue weighted by atomic mass is 9.87.